The molecule has 0 saturated heterocycles. The Morgan fingerprint density at radius 3 is 2.52 bits per heavy atom. The van der Waals surface area contributed by atoms with Crippen molar-refractivity contribution in [3.8, 4) is 5.69 Å². The van der Waals surface area contributed by atoms with Crippen LogP contribution >= 0.6 is 15.9 Å². The van der Waals surface area contributed by atoms with Crippen molar-refractivity contribution in [2.75, 3.05) is 0 Å². The Labute approximate surface area is 143 Å². The minimum absolute atomic E-state index is 0.147. The number of carboxylic acids is 1. The molecule has 0 radical (unpaired) electrons. The number of halogens is 1. The van der Waals surface area contributed by atoms with Crippen molar-refractivity contribution in [1.29, 1.82) is 0 Å². The highest BCUT2D eigenvalue weighted by molar-refractivity contribution is 9.10. The third-order valence-corrected chi connectivity index (χ3v) is 5.49. The van der Waals surface area contributed by atoms with Crippen molar-refractivity contribution in [3.05, 3.63) is 46.2 Å². The topological polar surface area (TPSA) is 55.1 Å². The van der Waals surface area contributed by atoms with Crippen molar-refractivity contribution in [3.63, 3.8) is 0 Å². The first kappa shape index (κ1) is 14.9. The van der Waals surface area contributed by atoms with Gasteiger partial charge in [0.1, 0.15) is 0 Å². The standard InChI is InChI=1S/C18H19BrN2O2/c19-16-10-20-21(18(16)13-3-4-13)14-7-5-12(6-8-14)15(9-17(22)23)11-1-2-11/h5-8,10-11,13,15H,1-4,9H2,(H,22,23). The molecule has 2 aliphatic carbocycles. The first-order chi connectivity index (χ1) is 11.1. The number of aliphatic carboxylic acids is 1. The van der Waals surface area contributed by atoms with Gasteiger partial charge >= 0.3 is 5.97 Å². The zero-order chi connectivity index (χ0) is 16.0. The summed E-state index contributed by atoms with van der Waals surface area (Å²) >= 11 is 3.60. The minimum Gasteiger partial charge on any atom is -0.481 e. The van der Waals surface area contributed by atoms with E-state index in [2.05, 4.69) is 45.3 Å². The van der Waals surface area contributed by atoms with Crippen LogP contribution in [0.4, 0.5) is 0 Å². The van der Waals surface area contributed by atoms with Gasteiger partial charge in [-0.3, -0.25) is 4.79 Å². The van der Waals surface area contributed by atoms with E-state index in [9.17, 15) is 4.79 Å². The Morgan fingerprint density at radius 1 is 1.26 bits per heavy atom. The van der Waals surface area contributed by atoms with Crippen LogP contribution in [0.2, 0.25) is 0 Å². The highest BCUT2D eigenvalue weighted by atomic mass is 79.9. The first-order valence-corrected chi connectivity index (χ1v) is 8.98. The van der Waals surface area contributed by atoms with Crippen LogP contribution in [0.15, 0.2) is 34.9 Å². The normalized spacial score (nSPS) is 18.8. The second-order valence-corrected chi connectivity index (χ2v) is 7.55. The summed E-state index contributed by atoms with van der Waals surface area (Å²) in [5.74, 6) is 0.586. The summed E-state index contributed by atoms with van der Waals surface area (Å²) in [7, 11) is 0. The Balaban J connectivity index is 1.61. The second kappa shape index (κ2) is 5.78. The van der Waals surface area contributed by atoms with Gasteiger partial charge in [-0.15, -0.1) is 0 Å². The zero-order valence-electron chi connectivity index (χ0n) is 12.8. The Hall–Kier alpha value is -1.62. The molecule has 2 saturated carbocycles. The molecule has 0 bridgehead atoms. The van der Waals surface area contributed by atoms with Crippen molar-refractivity contribution in [2.24, 2.45) is 5.92 Å². The van der Waals surface area contributed by atoms with Crippen molar-refractivity contribution in [2.45, 2.75) is 43.9 Å². The molecule has 1 heterocycles. The van der Waals surface area contributed by atoms with Gasteiger partial charge in [-0.2, -0.15) is 5.10 Å². The van der Waals surface area contributed by atoms with E-state index in [1.165, 1.54) is 18.5 Å². The number of hydrogen-bond donors (Lipinski definition) is 1. The number of rotatable bonds is 6. The average molecular weight is 375 g/mol. The lowest BCUT2D eigenvalue weighted by Crippen LogP contribution is -2.09. The number of benzene rings is 1. The third kappa shape index (κ3) is 3.07. The van der Waals surface area contributed by atoms with Crippen LogP contribution < -0.4 is 0 Å². The van der Waals surface area contributed by atoms with E-state index >= 15 is 0 Å². The molecule has 120 valence electrons. The lowest BCUT2D eigenvalue weighted by Gasteiger charge is -2.15. The fraction of sp³-hybridized carbons (Fsp3) is 0.444. The summed E-state index contributed by atoms with van der Waals surface area (Å²) in [6.45, 7) is 0. The van der Waals surface area contributed by atoms with E-state index in [1.807, 2.05) is 10.9 Å². The van der Waals surface area contributed by atoms with Gasteiger partial charge in [-0.05, 0) is 71.1 Å². The molecule has 2 aliphatic rings. The summed E-state index contributed by atoms with van der Waals surface area (Å²) in [4.78, 5) is 11.1. The Morgan fingerprint density at radius 2 is 1.96 bits per heavy atom. The first-order valence-electron chi connectivity index (χ1n) is 8.19. The average Bonchev–Trinajstić information content (AvgIpc) is 3.44. The highest BCUT2D eigenvalue weighted by Gasteiger charge is 2.34. The summed E-state index contributed by atoms with van der Waals surface area (Å²) in [6.07, 6.45) is 6.84. The van der Waals surface area contributed by atoms with E-state index in [4.69, 9.17) is 5.11 Å². The molecule has 1 aromatic carbocycles. The van der Waals surface area contributed by atoms with Gasteiger partial charge in [0.25, 0.3) is 0 Å². The van der Waals surface area contributed by atoms with Gasteiger partial charge in [0.05, 0.1) is 28.5 Å². The molecule has 1 aromatic heterocycles. The Bertz CT molecular complexity index is 730. The van der Waals surface area contributed by atoms with Gasteiger partial charge < -0.3 is 5.11 Å². The fourth-order valence-electron chi connectivity index (χ4n) is 3.37. The predicted octanol–water partition coefficient (Wildman–Crippen LogP) is 4.48. The molecule has 0 spiro atoms. The molecular weight excluding hydrogens is 356 g/mol. The molecule has 1 atom stereocenters. The van der Waals surface area contributed by atoms with E-state index in [1.54, 1.807) is 0 Å². The number of carbonyl (C=O) groups is 1. The van der Waals surface area contributed by atoms with Crippen LogP contribution in [-0.2, 0) is 4.79 Å². The van der Waals surface area contributed by atoms with E-state index < -0.39 is 5.97 Å². The molecule has 0 amide bonds. The Kier molecular flexibility index (Phi) is 3.76. The third-order valence-electron chi connectivity index (χ3n) is 4.87. The van der Waals surface area contributed by atoms with Gasteiger partial charge in [0, 0.05) is 5.92 Å². The zero-order valence-corrected chi connectivity index (χ0v) is 14.4. The molecule has 1 unspecified atom stereocenters. The summed E-state index contributed by atoms with van der Waals surface area (Å²) in [6, 6.07) is 8.29. The quantitative estimate of drug-likeness (QED) is 0.810. The van der Waals surface area contributed by atoms with Gasteiger partial charge in [0.2, 0.25) is 0 Å². The minimum atomic E-state index is -0.710. The van der Waals surface area contributed by atoms with Crippen LogP contribution in [0.3, 0.4) is 0 Å². The summed E-state index contributed by atoms with van der Waals surface area (Å²) < 4.78 is 3.08. The molecule has 23 heavy (non-hydrogen) atoms. The molecule has 2 fully saturated rings. The summed E-state index contributed by atoms with van der Waals surface area (Å²) in [5, 5.41) is 13.6. The van der Waals surface area contributed by atoms with Crippen LogP contribution in [0, 0.1) is 5.92 Å². The summed E-state index contributed by atoms with van der Waals surface area (Å²) in [5.41, 5.74) is 3.44. The molecule has 4 rings (SSSR count). The second-order valence-electron chi connectivity index (χ2n) is 6.70. The van der Waals surface area contributed by atoms with Crippen LogP contribution in [-0.4, -0.2) is 20.9 Å². The maximum Gasteiger partial charge on any atom is 0.303 e. The SMILES string of the molecule is O=C(O)CC(c1ccc(-n2ncc(Br)c2C2CC2)cc1)C1CC1. The van der Waals surface area contributed by atoms with Gasteiger partial charge in [0.15, 0.2) is 0 Å². The van der Waals surface area contributed by atoms with E-state index in [0.717, 1.165) is 28.6 Å². The molecular formula is C18H19BrN2O2. The maximum atomic E-state index is 11.1. The van der Waals surface area contributed by atoms with E-state index in [0.29, 0.717) is 11.8 Å². The van der Waals surface area contributed by atoms with Crippen LogP contribution in [0.25, 0.3) is 5.69 Å². The van der Waals surface area contributed by atoms with Crippen LogP contribution in [0.5, 0.6) is 0 Å². The monoisotopic (exact) mass is 374 g/mol. The number of hydrogen-bond acceptors (Lipinski definition) is 2. The predicted molar refractivity (Wildman–Crippen MR) is 91.0 cm³/mol. The van der Waals surface area contributed by atoms with Gasteiger partial charge in [-0.25, -0.2) is 4.68 Å². The van der Waals surface area contributed by atoms with Crippen molar-refractivity contribution >= 4 is 21.9 Å². The van der Waals surface area contributed by atoms with Gasteiger partial charge in [-0.1, -0.05) is 12.1 Å². The lowest BCUT2D eigenvalue weighted by molar-refractivity contribution is -0.137. The molecule has 1 N–H and O–H groups in total. The highest BCUT2D eigenvalue weighted by Crippen LogP contribution is 2.45. The lowest BCUT2D eigenvalue weighted by atomic mass is 9.91. The number of carboxylic acid groups (broad SMARTS) is 1. The molecule has 4 nitrogen and oxygen atoms in total. The van der Waals surface area contributed by atoms with E-state index in [-0.39, 0.29) is 12.3 Å². The molecule has 2 aromatic rings. The number of nitrogens with zero attached hydrogens (tertiary/aromatic N) is 2. The van der Waals surface area contributed by atoms with Crippen molar-refractivity contribution in [1.82, 2.24) is 9.78 Å². The van der Waals surface area contributed by atoms with Crippen molar-refractivity contribution < 1.29 is 9.90 Å². The smallest absolute Gasteiger partial charge is 0.303 e. The maximum absolute atomic E-state index is 11.1. The van der Waals surface area contributed by atoms with Crippen LogP contribution in [0.1, 0.15) is 55.2 Å². The number of aromatic nitrogens is 2. The fourth-order valence-corrected chi connectivity index (χ4v) is 3.96. The molecule has 0 aliphatic heterocycles. The molecule has 5 heteroatoms. The largest absolute Gasteiger partial charge is 0.481 e.